The fraction of sp³-hybridized carbons (Fsp3) is 0.514. The summed E-state index contributed by atoms with van der Waals surface area (Å²) in [7, 11) is 0. The van der Waals surface area contributed by atoms with Crippen LogP contribution in [0.15, 0.2) is 48.5 Å². The van der Waals surface area contributed by atoms with E-state index in [1.54, 1.807) is 24.3 Å². The first-order valence-electron chi connectivity index (χ1n) is 16.4. The van der Waals surface area contributed by atoms with Gasteiger partial charge < -0.3 is 20.5 Å². The minimum absolute atomic E-state index is 0.00336. The SMILES string of the molecule is CCCCCCOC(=O)NC(=N)c1ccc(CNC(=O)C2(NC(=O)[C@H](NCC(=O)O)C3CCCCC3)Cc3ccccc3C2)cc1. The zero-order chi connectivity index (χ0) is 32.9. The van der Waals surface area contributed by atoms with E-state index in [1.165, 1.54) is 0 Å². The quantitative estimate of drug-likeness (QED) is 0.0969. The highest BCUT2D eigenvalue weighted by atomic mass is 16.5. The Labute approximate surface area is 270 Å². The molecule has 0 unspecified atom stereocenters. The number of benzene rings is 2. The third-order valence-corrected chi connectivity index (χ3v) is 8.93. The number of carboxylic acids is 1. The molecule has 6 N–H and O–H groups in total. The third kappa shape index (κ3) is 9.62. The minimum Gasteiger partial charge on any atom is -0.480 e. The molecule has 11 nitrogen and oxygen atoms in total. The van der Waals surface area contributed by atoms with Gasteiger partial charge in [-0.1, -0.05) is 94.0 Å². The molecule has 0 spiro atoms. The molecule has 46 heavy (non-hydrogen) atoms. The monoisotopic (exact) mass is 633 g/mol. The predicted molar refractivity (Wildman–Crippen MR) is 174 cm³/mol. The van der Waals surface area contributed by atoms with Gasteiger partial charge in [-0.3, -0.25) is 30.4 Å². The zero-order valence-corrected chi connectivity index (χ0v) is 26.7. The Morgan fingerprint density at radius 1 is 0.957 bits per heavy atom. The smallest absolute Gasteiger partial charge is 0.412 e. The molecule has 3 amide bonds. The van der Waals surface area contributed by atoms with E-state index in [-0.39, 0.29) is 36.7 Å². The van der Waals surface area contributed by atoms with Crippen molar-refractivity contribution in [3.8, 4) is 0 Å². The molecule has 2 aromatic carbocycles. The molecule has 0 heterocycles. The van der Waals surface area contributed by atoms with Crippen molar-refractivity contribution < 1.29 is 29.0 Å². The van der Waals surface area contributed by atoms with E-state index < -0.39 is 23.6 Å². The lowest BCUT2D eigenvalue weighted by molar-refractivity contribution is -0.138. The molecule has 0 aliphatic heterocycles. The fourth-order valence-electron chi connectivity index (χ4n) is 6.42. The van der Waals surface area contributed by atoms with Crippen LogP contribution in [0.25, 0.3) is 0 Å². The van der Waals surface area contributed by atoms with Crippen molar-refractivity contribution in [3.63, 3.8) is 0 Å². The summed E-state index contributed by atoms with van der Waals surface area (Å²) in [6.45, 7) is 2.28. The minimum atomic E-state index is -1.22. The van der Waals surface area contributed by atoms with Crippen LogP contribution >= 0.6 is 0 Å². The van der Waals surface area contributed by atoms with E-state index >= 15 is 0 Å². The maximum absolute atomic E-state index is 13.9. The number of hydrogen-bond acceptors (Lipinski definition) is 7. The summed E-state index contributed by atoms with van der Waals surface area (Å²) in [5.74, 6) is -1.80. The molecule has 1 atom stereocenters. The van der Waals surface area contributed by atoms with Gasteiger partial charge in [-0.05, 0) is 41.9 Å². The average molecular weight is 634 g/mol. The lowest BCUT2D eigenvalue weighted by Gasteiger charge is -2.35. The van der Waals surface area contributed by atoms with Gasteiger partial charge >= 0.3 is 12.1 Å². The zero-order valence-electron chi connectivity index (χ0n) is 26.7. The number of carboxylic acid groups (broad SMARTS) is 1. The number of rotatable bonds is 15. The fourth-order valence-corrected chi connectivity index (χ4v) is 6.42. The van der Waals surface area contributed by atoms with Gasteiger partial charge in [0.15, 0.2) is 0 Å². The van der Waals surface area contributed by atoms with Crippen molar-refractivity contribution in [2.75, 3.05) is 13.2 Å². The van der Waals surface area contributed by atoms with Gasteiger partial charge in [0.1, 0.15) is 11.4 Å². The Bertz CT molecular complexity index is 1350. The number of alkyl carbamates (subject to hydrolysis) is 1. The second kappa shape index (κ2) is 16.9. The first-order chi connectivity index (χ1) is 22.2. The highest BCUT2D eigenvalue weighted by molar-refractivity contribution is 6.04. The van der Waals surface area contributed by atoms with Gasteiger partial charge in [0.2, 0.25) is 11.8 Å². The van der Waals surface area contributed by atoms with Crippen LogP contribution < -0.4 is 21.3 Å². The highest BCUT2D eigenvalue weighted by Crippen LogP contribution is 2.32. The Hall–Kier alpha value is -4.25. The van der Waals surface area contributed by atoms with Crippen LogP contribution in [0, 0.1) is 11.3 Å². The molecule has 0 bridgehead atoms. The largest absolute Gasteiger partial charge is 0.480 e. The predicted octanol–water partition coefficient (Wildman–Crippen LogP) is 4.21. The summed E-state index contributed by atoms with van der Waals surface area (Å²) < 4.78 is 5.15. The van der Waals surface area contributed by atoms with E-state index in [9.17, 15) is 24.3 Å². The van der Waals surface area contributed by atoms with Crippen LogP contribution in [-0.2, 0) is 38.5 Å². The molecule has 0 saturated heterocycles. The molecule has 1 saturated carbocycles. The summed E-state index contributed by atoms with van der Waals surface area (Å²) in [5.41, 5.74) is 2.03. The van der Waals surface area contributed by atoms with Gasteiger partial charge in [-0.2, -0.15) is 0 Å². The van der Waals surface area contributed by atoms with Gasteiger partial charge in [0.25, 0.3) is 0 Å². The lowest BCUT2D eigenvalue weighted by Crippen LogP contribution is -2.63. The van der Waals surface area contributed by atoms with Crippen molar-refractivity contribution in [1.29, 1.82) is 5.41 Å². The first kappa shape index (κ1) is 34.6. The van der Waals surface area contributed by atoms with Crippen LogP contribution in [-0.4, -0.2) is 59.6 Å². The second-order valence-corrected chi connectivity index (χ2v) is 12.4. The molecule has 2 aliphatic rings. The van der Waals surface area contributed by atoms with Gasteiger partial charge in [0, 0.05) is 24.9 Å². The first-order valence-corrected chi connectivity index (χ1v) is 16.4. The number of fused-ring (bicyclic) bond motifs is 1. The van der Waals surface area contributed by atoms with Crippen LogP contribution in [0.3, 0.4) is 0 Å². The maximum Gasteiger partial charge on any atom is 0.412 e. The molecule has 0 radical (unpaired) electrons. The Kier molecular flexibility index (Phi) is 12.7. The van der Waals surface area contributed by atoms with Crippen LogP contribution in [0.2, 0.25) is 0 Å². The number of unbranched alkanes of at least 4 members (excludes halogenated alkanes) is 3. The number of carbonyl (C=O) groups excluding carboxylic acids is 3. The average Bonchev–Trinajstić information content (AvgIpc) is 3.43. The molecule has 2 aromatic rings. The van der Waals surface area contributed by atoms with E-state index in [1.807, 2.05) is 24.3 Å². The van der Waals surface area contributed by atoms with Crippen molar-refractivity contribution in [1.82, 2.24) is 21.3 Å². The summed E-state index contributed by atoms with van der Waals surface area (Å²) >= 11 is 0. The number of ether oxygens (including phenoxy) is 1. The van der Waals surface area contributed by atoms with Crippen molar-refractivity contribution >= 4 is 29.7 Å². The second-order valence-electron chi connectivity index (χ2n) is 12.4. The highest BCUT2D eigenvalue weighted by Gasteiger charge is 2.46. The Morgan fingerprint density at radius 3 is 2.26 bits per heavy atom. The number of amidine groups is 1. The van der Waals surface area contributed by atoms with E-state index in [2.05, 4.69) is 28.2 Å². The van der Waals surface area contributed by atoms with Gasteiger partial charge in [0.05, 0.1) is 19.2 Å². The molecule has 2 aliphatic carbocycles. The molecule has 1 fully saturated rings. The van der Waals surface area contributed by atoms with E-state index in [0.29, 0.717) is 25.0 Å². The van der Waals surface area contributed by atoms with E-state index in [0.717, 1.165) is 74.5 Å². The standard InChI is InChI=1S/C35H47N5O6/c1-2-3-4-10-19-46-34(45)39-31(36)26-17-15-24(16-18-26)22-38-33(44)35(20-27-13-8-9-14-28(27)21-35)40-32(43)30(37-23-29(41)42)25-11-6-5-7-12-25/h8-9,13-18,25,30,37H,2-7,10-12,19-23H2,1H3,(H,38,44)(H,40,43)(H,41,42)(H2,36,39,45)/t30-/m1/s1. The number of aliphatic carboxylic acids is 1. The molecule has 4 rings (SSSR count). The maximum atomic E-state index is 13.9. The van der Waals surface area contributed by atoms with E-state index in [4.69, 9.17) is 10.1 Å². The summed E-state index contributed by atoms with van der Waals surface area (Å²) in [5, 5.41) is 29.0. The van der Waals surface area contributed by atoms with Crippen molar-refractivity contribution in [2.45, 2.75) is 95.7 Å². The Balaban J connectivity index is 1.39. The number of amides is 3. The normalized spacial score (nSPS) is 16.1. The van der Waals surface area contributed by atoms with Crippen molar-refractivity contribution in [3.05, 3.63) is 70.8 Å². The summed E-state index contributed by atoms with van der Waals surface area (Å²) in [6, 6.07) is 14.0. The topological polar surface area (TPSA) is 170 Å². The van der Waals surface area contributed by atoms with Gasteiger partial charge in [-0.15, -0.1) is 0 Å². The van der Waals surface area contributed by atoms with Crippen LogP contribution in [0.5, 0.6) is 0 Å². The summed E-state index contributed by atoms with van der Waals surface area (Å²) in [6.07, 6.45) is 8.67. The molecular weight excluding hydrogens is 586 g/mol. The van der Waals surface area contributed by atoms with Gasteiger partial charge in [-0.25, -0.2) is 4.79 Å². The number of hydrogen-bond donors (Lipinski definition) is 6. The lowest BCUT2D eigenvalue weighted by atomic mass is 9.82. The molecular formula is C35H47N5O6. The van der Waals surface area contributed by atoms with Crippen LogP contribution in [0.1, 0.15) is 87.0 Å². The van der Waals surface area contributed by atoms with Crippen molar-refractivity contribution in [2.24, 2.45) is 5.92 Å². The Morgan fingerprint density at radius 2 is 1.63 bits per heavy atom. The summed E-state index contributed by atoms with van der Waals surface area (Å²) in [4.78, 5) is 51.1. The number of carbonyl (C=O) groups is 4. The molecule has 0 aromatic heterocycles. The number of nitrogens with one attached hydrogen (secondary N) is 5. The van der Waals surface area contributed by atoms with Crippen LogP contribution in [0.4, 0.5) is 4.79 Å². The molecule has 248 valence electrons. The molecule has 11 heteroatoms. The third-order valence-electron chi connectivity index (χ3n) is 8.93.